The summed E-state index contributed by atoms with van der Waals surface area (Å²) in [6.45, 7) is 0. The maximum atomic E-state index is 12.1. The lowest BCUT2D eigenvalue weighted by molar-refractivity contribution is -0.112. The van der Waals surface area contributed by atoms with E-state index in [9.17, 15) is 9.90 Å². The number of hydrogen-bond donors (Lipinski definition) is 2. The van der Waals surface area contributed by atoms with E-state index in [-0.39, 0.29) is 11.3 Å². The van der Waals surface area contributed by atoms with Gasteiger partial charge in [-0.2, -0.15) is 5.26 Å². The Bertz CT molecular complexity index is 746. The molecule has 5 heteroatoms. The van der Waals surface area contributed by atoms with E-state index >= 15 is 0 Å². The number of phenolic OH excluding ortho intramolecular Hbond substituents is 1. The molecule has 5 nitrogen and oxygen atoms in total. The predicted molar refractivity (Wildman–Crippen MR) is 83.3 cm³/mol. The number of carbonyl (C=O) groups excluding carboxylic acids is 1. The zero-order chi connectivity index (χ0) is 15.9. The van der Waals surface area contributed by atoms with Crippen LogP contribution < -0.4 is 10.1 Å². The van der Waals surface area contributed by atoms with Crippen LogP contribution in [0.3, 0.4) is 0 Å². The summed E-state index contributed by atoms with van der Waals surface area (Å²) < 4.78 is 4.94. The third-order valence-corrected chi connectivity index (χ3v) is 2.91. The van der Waals surface area contributed by atoms with Crippen LogP contribution in [0, 0.1) is 11.3 Å². The van der Waals surface area contributed by atoms with Crippen molar-refractivity contribution >= 4 is 17.7 Å². The molecule has 2 aromatic rings. The van der Waals surface area contributed by atoms with Gasteiger partial charge < -0.3 is 15.2 Å². The zero-order valence-corrected chi connectivity index (χ0v) is 11.9. The highest BCUT2D eigenvalue weighted by Gasteiger charge is 2.10. The van der Waals surface area contributed by atoms with E-state index in [0.29, 0.717) is 17.0 Å². The highest BCUT2D eigenvalue weighted by atomic mass is 16.5. The van der Waals surface area contributed by atoms with Crippen LogP contribution in [-0.4, -0.2) is 18.1 Å². The maximum Gasteiger partial charge on any atom is 0.266 e. The third kappa shape index (κ3) is 3.64. The van der Waals surface area contributed by atoms with Gasteiger partial charge in [0.25, 0.3) is 5.91 Å². The molecule has 0 atom stereocenters. The average molecular weight is 294 g/mol. The smallest absolute Gasteiger partial charge is 0.266 e. The molecule has 0 saturated carbocycles. The van der Waals surface area contributed by atoms with E-state index < -0.39 is 5.91 Å². The molecular formula is C17H14N2O3. The number of methoxy groups -OCH3 is 1. The molecule has 0 bridgehead atoms. The summed E-state index contributed by atoms with van der Waals surface area (Å²) >= 11 is 0. The maximum absolute atomic E-state index is 12.1. The minimum Gasteiger partial charge on any atom is -0.504 e. The van der Waals surface area contributed by atoms with Gasteiger partial charge in [-0.3, -0.25) is 4.79 Å². The van der Waals surface area contributed by atoms with Crippen molar-refractivity contribution in [1.82, 2.24) is 0 Å². The number of aromatic hydroxyl groups is 1. The Morgan fingerprint density at radius 3 is 2.59 bits per heavy atom. The number of para-hydroxylation sites is 1. The third-order valence-electron chi connectivity index (χ3n) is 2.91. The molecule has 0 aliphatic carbocycles. The Kier molecular flexibility index (Phi) is 4.78. The molecule has 2 rings (SSSR count). The van der Waals surface area contributed by atoms with Gasteiger partial charge in [0.1, 0.15) is 11.6 Å². The fourth-order valence-corrected chi connectivity index (χ4v) is 1.83. The quantitative estimate of drug-likeness (QED) is 0.671. The van der Waals surface area contributed by atoms with Gasteiger partial charge in [0.2, 0.25) is 0 Å². The first-order valence-electron chi connectivity index (χ1n) is 6.49. The number of phenols is 1. The minimum atomic E-state index is -0.510. The summed E-state index contributed by atoms with van der Waals surface area (Å²) in [6.07, 6.45) is 1.40. The molecule has 0 saturated heterocycles. The largest absolute Gasteiger partial charge is 0.504 e. The van der Waals surface area contributed by atoms with Gasteiger partial charge in [-0.1, -0.05) is 24.3 Å². The van der Waals surface area contributed by atoms with Crippen molar-refractivity contribution in [1.29, 1.82) is 5.26 Å². The van der Waals surface area contributed by atoms with Crippen molar-refractivity contribution in [3.05, 3.63) is 59.7 Å². The first kappa shape index (κ1) is 15.1. The summed E-state index contributed by atoms with van der Waals surface area (Å²) in [5.74, 6) is -0.245. The zero-order valence-electron chi connectivity index (χ0n) is 11.9. The number of nitrogens with one attached hydrogen (secondary N) is 1. The van der Waals surface area contributed by atoms with Crippen LogP contribution in [0.2, 0.25) is 0 Å². The van der Waals surface area contributed by atoms with Crippen LogP contribution in [0.15, 0.2) is 54.1 Å². The van der Waals surface area contributed by atoms with Crippen molar-refractivity contribution < 1.29 is 14.6 Å². The Labute approximate surface area is 128 Å². The second kappa shape index (κ2) is 6.95. The minimum absolute atomic E-state index is 0.0583. The van der Waals surface area contributed by atoms with Gasteiger partial charge >= 0.3 is 0 Å². The monoisotopic (exact) mass is 294 g/mol. The molecule has 0 aliphatic heterocycles. The summed E-state index contributed by atoms with van der Waals surface area (Å²) in [5.41, 5.74) is 1.07. The highest BCUT2D eigenvalue weighted by molar-refractivity contribution is 6.09. The lowest BCUT2D eigenvalue weighted by Crippen LogP contribution is -2.13. The van der Waals surface area contributed by atoms with Crippen LogP contribution >= 0.6 is 0 Å². The number of nitriles is 1. The number of hydrogen-bond acceptors (Lipinski definition) is 4. The Hall–Kier alpha value is -3.26. The molecule has 1 amide bonds. The lowest BCUT2D eigenvalue weighted by Gasteiger charge is -2.05. The van der Waals surface area contributed by atoms with Crippen LogP contribution in [0.1, 0.15) is 5.56 Å². The highest BCUT2D eigenvalue weighted by Crippen LogP contribution is 2.27. The van der Waals surface area contributed by atoms with Crippen LogP contribution in [0.4, 0.5) is 5.69 Å². The number of nitrogens with zero attached hydrogens (tertiary/aromatic N) is 1. The van der Waals surface area contributed by atoms with Crippen LogP contribution in [0.25, 0.3) is 6.08 Å². The summed E-state index contributed by atoms with van der Waals surface area (Å²) in [7, 11) is 1.44. The van der Waals surface area contributed by atoms with Crippen molar-refractivity contribution in [2.45, 2.75) is 0 Å². The molecule has 0 aliphatic rings. The van der Waals surface area contributed by atoms with Crippen molar-refractivity contribution in [3.8, 4) is 17.6 Å². The van der Waals surface area contributed by atoms with E-state index in [0.717, 1.165) is 0 Å². The Balaban J connectivity index is 2.22. The van der Waals surface area contributed by atoms with Gasteiger partial charge in [-0.15, -0.1) is 0 Å². The molecule has 0 heterocycles. The number of carbonyl (C=O) groups is 1. The topological polar surface area (TPSA) is 82.3 Å². The number of ether oxygens (including phenoxy) is 1. The standard InChI is InChI=1S/C17H14N2O3/c1-22-16-8-7-12(10-15(16)20)9-13(11-18)17(21)19-14-5-3-2-4-6-14/h2-10,20H,1H3,(H,19,21)/b13-9+. The fraction of sp³-hybridized carbons (Fsp3) is 0.0588. The lowest BCUT2D eigenvalue weighted by atomic mass is 10.1. The normalized spacial score (nSPS) is 10.6. The number of rotatable bonds is 4. The van der Waals surface area contributed by atoms with Crippen molar-refractivity contribution in [3.63, 3.8) is 0 Å². The van der Waals surface area contributed by atoms with E-state index in [4.69, 9.17) is 10.00 Å². The second-order valence-electron chi connectivity index (χ2n) is 4.42. The molecule has 0 spiro atoms. The fourth-order valence-electron chi connectivity index (χ4n) is 1.83. The summed E-state index contributed by atoms with van der Waals surface area (Å²) in [5, 5.41) is 21.5. The van der Waals surface area contributed by atoms with Gasteiger partial charge in [0, 0.05) is 5.69 Å². The van der Waals surface area contributed by atoms with E-state index in [1.54, 1.807) is 36.4 Å². The molecule has 2 aromatic carbocycles. The molecule has 0 unspecified atom stereocenters. The molecule has 0 aromatic heterocycles. The summed E-state index contributed by atoms with van der Waals surface area (Å²) in [4.78, 5) is 12.1. The van der Waals surface area contributed by atoms with Crippen molar-refractivity contribution in [2.24, 2.45) is 0 Å². The first-order valence-corrected chi connectivity index (χ1v) is 6.49. The molecular weight excluding hydrogens is 280 g/mol. The SMILES string of the molecule is COc1ccc(/C=C(\C#N)C(=O)Nc2ccccc2)cc1O. The van der Waals surface area contributed by atoms with E-state index in [2.05, 4.69) is 5.32 Å². The second-order valence-corrected chi connectivity index (χ2v) is 4.42. The van der Waals surface area contributed by atoms with E-state index in [1.165, 1.54) is 19.3 Å². The Morgan fingerprint density at radius 2 is 2.00 bits per heavy atom. The first-order chi connectivity index (χ1) is 10.6. The molecule has 0 radical (unpaired) electrons. The van der Waals surface area contributed by atoms with Crippen LogP contribution in [-0.2, 0) is 4.79 Å². The molecule has 0 fully saturated rings. The van der Waals surface area contributed by atoms with Gasteiger partial charge in [0.05, 0.1) is 7.11 Å². The molecule has 110 valence electrons. The predicted octanol–water partition coefficient (Wildman–Crippen LogP) is 2.95. The van der Waals surface area contributed by atoms with Gasteiger partial charge in [-0.05, 0) is 35.9 Å². The number of amides is 1. The van der Waals surface area contributed by atoms with Gasteiger partial charge in [-0.25, -0.2) is 0 Å². The summed E-state index contributed by atoms with van der Waals surface area (Å²) in [6, 6.07) is 15.3. The van der Waals surface area contributed by atoms with E-state index in [1.807, 2.05) is 12.1 Å². The average Bonchev–Trinajstić information content (AvgIpc) is 2.53. The Morgan fingerprint density at radius 1 is 1.27 bits per heavy atom. The van der Waals surface area contributed by atoms with Gasteiger partial charge in [0.15, 0.2) is 11.5 Å². The van der Waals surface area contributed by atoms with Crippen molar-refractivity contribution in [2.75, 3.05) is 12.4 Å². The van der Waals surface area contributed by atoms with Crippen LogP contribution in [0.5, 0.6) is 11.5 Å². The number of benzene rings is 2. The molecule has 22 heavy (non-hydrogen) atoms. The number of anilines is 1. The molecule has 2 N–H and O–H groups in total.